The zero-order chi connectivity index (χ0) is 22.2. The fourth-order valence-corrected chi connectivity index (χ4v) is 10.3. The van der Waals surface area contributed by atoms with Crippen LogP contribution >= 0.6 is 7.75 Å². The van der Waals surface area contributed by atoms with E-state index in [1.165, 1.54) is 32.1 Å². The third kappa shape index (κ3) is 18.8. The Kier molecular flexibility index (Phi) is 16.3. The lowest BCUT2D eigenvalue weighted by Gasteiger charge is -2.30. The highest BCUT2D eigenvalue weighted by molar-refractivity contribution is 7.50. The highest BCUT2D eigenvalue weighted by Crippen LogP contribution is 2.37. The Hall–Kier alpha value is 0.384. The van der Waals surface area contributed by atoms with Crippen LogP contribution in [0.15, 0.2) is 0 Å². The molecule has 0 aliphatic heterocycles. The first-order chi connectivity index (χ1) is 13.5. The molecule has 29 heavy (non-hydrogen) atoms. The molecule has 0 aromatic heterocycles. The van der Waals surface area contributed by atoms with Gasteiger partial charge in [0.2, 0.25) is 0 Å². The number of nitrogens with one attached hydrogen (secondary N) is 1. The van der Waals surface area contributed by atoms with Gasteiger partial charge in [0.25, 0.3) is 0 Å². The van der Waals surface area contributed by atoms with Crippen molar-refractivity contribution in [1.82, 2.24) is 5.09 Å². The molecule has 0 bridgehead atoms. The molecule has 0 radical (unpaired) electrons. The number of unbranched alkanes of at least 4 members (excludes halogenated alkanes) is 7. The Morgan fingerprint density at radius 1 is 0.897 bits per heavy atom. The largest absolute Gasteiger partial charge is 0.415 e. The predicted molar refractivity (Wildman–Crippen MR) is 123 cm³/mol. The summed E-state index contributed by atoms with van der Waals surface area (Å²) in [5.41, 5.74) is 5.45. The summed E-state index contributed by atoms with van der Waals surface area (Å²) in [4.78, 5) is 30.6. The van der Waals surface area contributed by atoms with Crippen molar-refractivity contribution in [2.75, 3.05) is 19.7 Å². The van der Waals surface area contributed by atoms with Crippen LogP contribution < -0.4 is 10.8 Å². The Morgan fingerprint density at radius 3 is 1.97 bits per heavy atom. The molecule has 0 aliphatic carbocycles. The molecule has 176 valence electrons. The van der Waals surface area contributed by atoms with Gasteiger partial charge in [-0.1, -0.05) is 51.9 Å². The molecule has 0 saturated carbocycles. The Labute approximate surface area is 179 Å². The van der Waals surface area contributed by atoms with Crippen LogP contribution in [0.3, 0.4) is 0 Å². The molecule has 11 heteroatoms. The van der Waals surface area contributed by atoms with E-state index in [0.29, 0.717) is 31.5 Å². The van der Waals surface area contributed by atoms with E-state index in [1.807, 2.05) is 0 Å². The number of hydrogen-bond acceptors (Lipinski definition) is 6. The molecule has 0 rings (SSSR count). The van der Waals surface area contributed by atoms with Gasteiger partial charge in [-0.3, -0.25) is 4.52 Å². The average Bonchev–Trinajstić information content (AvgIpc) is 2.61. The van der Waals surface area contributed by atoms with E-state index in [2.05, 4.69) is 12.0 Å². The van der Waals surface area contributed by atoms with E-state index in [9.17, 15) is 19.0 Å². The van der Waals surface area contributed by atoms with Gasteiger partial charge in [0.15, 0.2) is 0 Å². The lowest BCUT2D eigenvalue weighted by molar-refractivity contribution is 0.243. The third-order valence-electron chi connectivity index (χ3n) is 4.68. The summed E-state index contributed by atoms with van der Waals surface area (Å²) in [6.07, 6.45) is 10.3. The smallest absolute Gasteiger partial charge is 0.402 e. The van der Waals surface area contributed by atoms with Crippen LogP contribution in [0.4, 0.5) is 0 Å². The minimum absolute atomic E-state index is 0.240. The van der Waals surface area contributed by atoms with Crippen LogP contribution in [0.5, 0.6) is 0 Å². The van der Waals surface area contributed by atoms with E-state index < -0.39 is 24.9 Å². The molecular weight excluding hydrogens is 427 g/mol. The van der Waals surface area contributed by atoms with Gasteiger partial charge in [-0.15, -0.1) is 0 Å². The van der Waals surface area contributed by atoms with E-state index in [-0.39, 0.29) is 13.2 Å². The van der Waals surface area contributed by atoms with Gasteiger partial charge in [0, 0.05) is 6.54 Å². The molecule has 3 atom stereocenters. The van der Waals surface area contributed by atoms with Gasteiger partial charge >= 0.3 is 24.9 Å². The van der Waals surface area contributed by atoms with Crippen LogP contribution in [0, 0.1) is 0 Å². The summed E-state index contributed by atoms with van der Waals surface area (Å²) >= 11 is 0. The van der Waals surface area contributed by atoms with Gasteiger partial charge in [-0.05, 0) is 51.0 Å². The van der Waals surface area contributed by atoms with Crippen molar-refractivity contribution >= 4 is 24.9 Å². The fourth-order valence-electron chi connectivity index (χ4n) is 3.11. The second-order valence-corrected chi connectivity index (χ2v) is 16.3. The lowest BCUT2D eigenvalue weighted by Crippen LogP contribution is -2.49. The molecule has 0 heterocycles. The Balaban J connectivity index is 3.86. The quantitative estimate of drug-likeness (QED) is 0.103. The third-order valence-corrected chi connectivity index (χ3v) is 11.9. The maximum absolute atomic E-state index is 12.0. The highest BCUT2D eigenvalue weighted by atomic mass is 31.2. The summed E-state index contributed by atoms with van der Waals surface area (Å²) in [5, 5.41) is 2.53. The second kappa shape index (κ2) is 16.1. The lowest BCUT2D eigenvalue weighted by atomic mass is 10.1. The molecule has 0 fully saturated rings. The normalized spacial score (nSPS) is 18.2. The van der Waals surface area contributed by atoms with Crippen LogP contribution in [0.25, 0.3) is 0 Å². The Morgan fingerprint density at radius 2 is 1.41 bits per heavy atom. The van der Waals surface area contributed by atoms with E-state index in [4.69, 9.17) is 14.4 Å². The SMILES string of the molecule is CCCCCCCCCCOP(=O)(O)NCCC[Si](C)(O)O[Si](C)(O)CCCN. The first kappa shape index (κ1) is 29.4. The number of nitrogens with two attached hydrogens (primary N) is 1. The highest BCUT2D eigenvalue weighted by Gasteiger charge is 2.37. The summed E-state index contributed by atoms with van der Waals surface area (Å²) in [6, 6.07) is 0.854. The molecule has 0 aliphatic rings. The second-order valence-electron chi connectivity index (χ2n) is 8.18. The van der Waals surface area contributed by atoms with Crippen molar-refractivity contribution in [3.63, 3.8) is 0 Å². The van der Waals surface area contributed by atoms with Crippen LogP contribution in [-0.4, -0.2) is 51.3 Å². The average molecular weight is 473 g/mol. The Bertz CT molecular complexity index is 458. The maximum Gasteiger partial charge on any atom is 0.402 e. The molecule has 0 amide bonds. The number of rotatable bonds is 20. The van der Waals surface area contributed by atoms with Crippen LogP contribution in [0.1, 0.15) is 71.1 Å². The van der Waals surface area contributed by atoms with Crippen molar-refractivity contribution in [3.8, 4) is 0 Å². The van der Waals surface area contributed by atoms with Crippen molar-refractivity contribution < 1.29 is 27.7 Å². The zero-order valence-corrected chi connectivity index (χ0v) is 21.6. The summed E-state index contributed by atoms with van der Waals surface area (Å²) in [7, 11) is -9.74. The first-order valence-corrected chi connectivity index (χ1v) is 17.8. The van der Waals surface area contributed by atoms with Crippen molar-refractivity contribution in [2.24, 2.45) is 5.73 Å². The topological polar surface area (TPSA) is 134 Å². The minimum atomic E-state index is -3.81. The molecule has 0 aromatic carbocycles. The van der Waals surface area contributed by atoms with E-state index in [1.54, 1.807) is 13.1 Å². The maximum atomic E-state index is 12.0. The molecule has 8 nitrogen and oxygen atoms in total. The standard InChI is InChI=1S/C18H45N2O6PSi2/c1-4-5-6-7-8-9-10-11-16-25-27(21,22)20-15-13-18-29(3,24)26-28(2,23)17-12-14-19/h23-24H,4-19H2,1-3H3,(H2,20,21,22). The minimum Gasteiger partial charge on any atom is -0.415 e. The molecule has 0 aromatic rings. The van der Waals surface area contributed by atoms with Crippen LogP contribution in [-0.2, 0) is 13.2 Å². The van der Waals surface area contributed by atoms with E-state index >= 15 is 0 Å². The zero-order valence-electron chi connectivity index (χ0n) is 18.7. The van der Waals surface area contributed by atoms with Crippen molar-refractivity contribution in [3.05, 3.63) is 0 Å². The molecule has 0 saturated heterocycles. The first-order valence-electron chi connectivity index (χ1n) is 11.1. The number of hydrogen-bond donors (Lipinski definition) is 5. The summed E-state index contributed by atoms with van der Waals surface area (Å²) in [5.74, 6) is 0. The molecule has 6 N–H and O–H groups in total. The van der Waals surface area contributed by atoms with Gasteiger partial charge in [-0.2, -0.15) is 0 Å². The van der Waals surface area contributed by atoms with Gasteiger partial charge in [0.1, 0.15) is 0 Å². The van der Waals surface area contributed by atoms with Crippen molar-refractivity contribution in [2.45, 2.75) is 96.3 Å². The predicted octanol–water partition coefficient (Wildman–Crippen LogP) is 3.72. The molecular formula is C18H45N2O6PSi2. The summed E-state index contributed by atoms with van der Waals surface area (Å²) in [6.45, 7) is 6.47. The molecule has 0 spiro atoms. The van der Waals surface area contributed by atoms with Gasteiger partial charge in [0.05, 0.1) is 6.61 Å². The fraction of sp³-hybridized carbons (Fsp3) is 1.00. The summed E-state index contributed by atoms with van der Waals surface area (Å²) < 4.78 is 22.7. The van der Waals surface area contributed by atoms with E-state index in [0.717, 1.165) is 19.3 Å². The monoisotopic (exact) mass is 472 g/mol. The van der Waals surface area contributed by atoms with Crippen molar-refractivity contribution in [1.29, 1.82) is 0 Å². The van der Waals surface area contributed by atoms with Gasteiger partial charge < -0.3 is 24.3 Å². The van der Waals surface area contributed by atoms with Gasteiger partial charge in [-0.25, -0.2) is 9.65 Å². The molecule has 3 unspecified atom stereocenters. The van der Waals surface area contributed by atoms with Crippen LogP contribution in [0.2, 0.25) is 25.2 Å².